The first kappa shape index (κ1) is 19.8. The van der Waals surface area contributed by atoms with Gasteiger partial charge in [-0.15, -0.1) is 0 Å². The summed E-state index contributed by atoms with van der Waals surface area (Å²) < 4.78 is 20.6. The molecule has 21 heavy (non-hydrogen) atoms. The zero-order valence-electron chi connectivity index (χ0n) is 12.6. The van der Waals surface area contributed by atoms with Crippen LogP contribution in [0.4, 0.5) is 0 Å². The van der Waals surface area contributed by atoms with E-state index in [1.54, 1.807) is 0 Å². The molecule has 0 aliphatic heterocycles. The summed E-state index contributed by atoms with van der Waals surface area (Å²) in [5, 5.41) is 5.14. The number of hydrogen-bond acceptors (Lipinski definition) is 6. The van der Waals surface area contributed by atoms with Gasteiger partial charge in [-0.25, -0.2) is 0 Å². The Balaban J connectivity index is 3.14. The smallest absolute Gasteiger partial charge is 0.246 e. The van der Waals surface area contributed by atoms with Crippen molar-refractivity contribution in [3.63, 3.8) is 0 Å². The van der Waals surface area contributed by atoms with Crippen LogP contribution in [0.1, 0.15) is 6.92 Å². The number of ether oxygens (including phenoxy) is 4. The van der Waals surface area contributed by atoms with Crippen LogP contribution in [-0.2, 0) is 28.5 Å². The highest BCUT2D eigenvalue weighted by Gasteiger charge is 2.00. The Morgan fingerprint density at radius 1 is 0.905 bits per heavy atom. The Kier molecular flexibility index (Phi) is 15.9. The van der Waals surface area contributed by atoms with Gasteiger partial charge in [0.15, 0.2) is 0 Å². The van der Waals surface area contributed by atoms with Crippen molar-refractivity contribution in [3.05, 3.63) is 0 Å². The van der Waals surface area contributed by atoms with E-state index in [2.05, 4.69) is 10.6 Å². The van der Waals surface area contributed by atoms with E-state index in [0.717, 1.165) is 0 Å². The molecule has 0 aliphatic rings. The minimum Gasteiger partial charge on any atom is -0.379 e. The zero-order chi connectivity index (χ0) is 15.6. The molecule has 0 aromatic rings. The van der Waals surface area contributed by atoms with E-state index in [4.69, 9.17) is 18.9 Å². The van der Waals surface area contributed by atoms with Gasteiger partial charge in [0, 0.05) is 19.7 Å². The van der Waals surface area contributed by atoms with Crippen molar-refractivity contribution in [2.75, 3.05) is 65.9 Å². The van der Waals surface area contributed by atoms with Gasteiger partial charge in [0.2, 0.25) is 12.3 Å². The third kappa shape index (κ3) is 16.7. The molecule has 0 aliphatic carbocycles. The van der Waals surface area contributed by atoms with E-state index in [0.29, 0.717) is 65.7 Å². The van der Waals surface area contributed by atoms with Crippen molar-refractivity contribution in [1.29, 1.82) is 0 Å². The summed E-state index contributed by atoms with van der Waals surface area (Å²) in [6.07, 6.45) is 0.616. The van der Waals surface area contributed by atoms with E-state index < -0.39 is 0 Å². The molecule has 0 saturated heterocycles. The molecule has 0 rings (SSSR count). The average molecular weight is 306 g/mol. The third-order valence-electron chi connectivity index (χ3n) is 2.22. The Morgan fingerprint density at radius 2 is 1.52 bits per heavy atom. The summed E-state index contributed by atoms with van der Waals surface area (Å²) in [4.78, 5) is 21.3. The molecule has 2 N–H and O–H groups in total. The highest BCUT2D eigenvalue weighted by Crippen LogP contribution is 1.80. The van der Waals surface area contributed by atoms with Gasteiger partial charge in [-0.3, -0.25) is 9.59 Å². The number of carbonyl (C=O) groups is 2. The molecule has 124 valence electrons. The maximum atomic E-state index is 11.3. The van der Waals surface area contributed by atoms with Gasteiger partial charge in [-0.2, -0.15) is 0 Å². The number of nitrogens with one attached hydrogen (secondary N) is 2. The fraction of sp³-hybridized carbons (Fsp3) is 0.846. The van der Waals surface area contributed by atoms with Crippen molar-refractivity contribution in [3.8, 4) is 0 Å². The summed E-state index contributed by atoms with van der Waals surface area (Å²) in [5.41, 5.74) is 0. The molecule has 0 saturated carbocycles. The topological polar surface area (TPSA) is 95.1 Å². The maximum absolute atomic E-state index is 11.3. The van der Waals surface area contributed by atoms with Crippen molar-refractivity contribution in [2.45, 2.75) is 6.92 Å². The number of hydrogen-bond donors (Lipinski definition) is 2. The molecular weight excluding hydrogens is 280 g/mol. The molecule has 2 amide bonds. The minimum absolute atomic E-state index is 0.00507. The van der Waals surface area contributed by atoms with Crippen LogP contribution in [0.25, 0.3) is 0 Å². The lowest BCUT2D eigenvalue weighted by molar-refractivity contribution is -0.126. The fourth-order valence-electron chi connectivity index (χ4n) is 1.25. The van der Waals surface area contributed by atoms with Crippen molar-refractivity contribution in [2.24, 2.45) is 0 Å². The van der Waals surface area contributed by atoms with E-state index in [1.165, 1.54) is 0 Å². The van der Waals surface area contributed by atoms with Crippen molar-refractivity contribution >= 4 is 12.3 Å². The molecule has 0 spiro atoms. The summed E-state index contributed by atoms with van der Waals surface area (Å²) in [6.45, 7) is 6.19. The second-order valence-corrected chi connectivity index (χ2v) is 3.90. The molecule has 0 unspecified atom stereocenters. The van der Waals surface area contributed by atoms with Crippen LogP contribution in [-0.4, -0.2) is 78.3 Å². The minimum atomic E-state index is -0.189. The van der Waals surface area contributed by atoms with E-state index in [9.17, 15) is 9.59 Å². The van der Waals surface area contributed by atoms with Gasteiger partial charge in [0.1, 0.15) is 6.61 Å². The first-order valence-electron chi connectivity index (χ1n) is 7.06. The van der Waals surface area contributed by atoms with Crippen LogP contribution in [0.2, 0.25) is 0 Å². The summed E-state index contributed by atoms with van der Waals surface area (Å²) in [5.74, 6) is -0.189. The van der Waals surface area contributed by atoms with Gasteiger partial charge in [0.05, 0.1) is 39.6 Å². The first-order valence-corrected chi connectivity index (χ1v) is 7.06. The molecule has 8 heteroatoms. The SMILES string of the molecule is CCOCCOCCNC(=O)COCCOCCNC=O. The van der Waals surface area contributed by atoms with E-state index >= 15 is 0 Å². The predicted molar refractivity (Wildman–Crippen MR) is 76.0 cm³/mol. The lowest BCUT2D eigenvalue weighted by Gasteiger charge is -2.07. The van der Waals surface area contributed by atoms with Crippen molar-refractivity contribution in [1.82, 2.24) is 10.6 Å². The molecule has 0 heterocycles. The monoisotopic (exact) mass is 306 g/mol. The Bertz CT molecular complexity index is 253. The highest BCUT2D eigenvalue weighted by atomic mass is 16.5. The van der Waals surface area contributed by atoms with Crippen LogP contribution in [0.5, 0.6) is 0 Å². The molecule has 0 aromatic carbocycles. The summed E-state index contributed by atoms with van der Waals surface area (Å²) >= 11 is 0. The Labute approximate surface area is 125 Å². The number of carbonyl (C=O) groups excluding carboxylic acids is 2. The second-order valence-electron chi connectivity index (χ2n) is 3.90. The third-order valence-corrected chi connectivity index (χ3v) is 2.22. The van der Waals surface area contributed by atoms with Gasteiger partial charge >= 0.3 is 0 Å². The Hall–Kier alpha value is -1.22. The van der Waals surface area contributed by atoms with E-state index in [-0.39, 0.29) is 12.5 Å². The zero-order valence-corrected chi connectivity index (χ0v) is 12.6. The molecule has 8 nitrogen and oxygen atoms in total. The highest BCUT2D eigenvalue weighted by molar-refractivity contribution is 5.77. The molecule has 0 bridgehead atoms. The summed E-state index contributed by atoms with van der Waals surface area (Å²) in [7, 11) is 0. The largest absolute Gasteiger partial charge is 0.379 e. The Morgan fingerprint density at radius 3 is 2.19 bits per heavy atom. The van der Waals surface area contributed by atoms with Crippen LogP contribution in [0, 0.1) is 0 Å². The molecule has 0 radical (unpaired) electrons. The molecule has 0 fully saturated rings. The molecule has 0 atom stereocenters. The van der Waals surface area contributed by atoms with Crippen LogP contribution < -0.4 is 10.6 Å². The normalized spacial score (nSPS) is 10.3. The van der Waals surface area contributed by atoms with Gasteiger partial charge in [-0.05, 0) is 6.92 Å². The lowest BCUT2D eigenvalue weighted by atomic mass is 10.6. The van der Waals surface area contributed by atoms with Gasteiger partial charge in [-0.1, -0.05) is 0 Å². The quantitative estimate of drug-likeness (QED) is 0.279. The van der Waals surface area contributed by atoms with Crippen LogP contribution in [0.3, 0.4) is 0 Å². The van der Waals surface area contributed by atoms with E-state index in [1.807, 2.05) is 6.92 Å². The maximum Gasteiger partial charge on any atom is 0.246 e. The second kappa shape index (κ2) is 16.8. The summed E-state index contributed by atoms with van der Waals surface area (Å²) in [6, 6.07) is 0. The first-order chi connectivity index (χ1) is 10.3. The number of amides is 2. The van der Waals surface area contributed by atoms with Gasteiger partial charge < -0.3 is 29.6 Å². The molecular formula is C13H26N2O6. The van der Waals surface area contributed by atoms with Crippen molar-refractivity contribution < 1.29 is 28.5 Å². The van der Waals surface area contributed by atoms with Gasteiger partial charge in [0.25, 0.3) is 0 Å². The van der Waals surface area contributed by atoms with Crippen LogP contribution >= 0.6 is 0 Å². The van der Waals surface area contributed by atoms with Crippen LogP contribution in [0.15, 0.2) is 0 Å². The lowest BCUT2D eigenvalue weighted by Crippen LogP contribution is -2.31. The standard InChI is InChI=1S/C13H26N2O6/c1-2-18-7-8-20-6-4-15-13(17)11-21-10-9-19-5-3-14-12-16/h12H,2-11H2,1H3,(H,14,16)(H,15,17). The number of rotatable bonds is 16. The predicted octanol–water partition coefficient (Wildman–Crippen LogP) is -1.07. The average Bonchev–Trinajstić information content (AvgIpc) is 2.49. The fourth-order valence-corrected chi connectivity index (χ4v) is 1.25. The molecule has 0 aromatic heterocycles.